The first-order valence-corrected chi connectivity index (χ1v) is 16.1. The van der Waals surface area contributed by atoms with Gasteiger partial charge in [-0.3, -0.25) is 19.1 Å². The highest BCUT2D eigenvalue weighted by Crippen LogP contribution is 2.64. The number of hydrogen-bond acceptors (Lipinski definition) is 8. The number of ether oxygens (including phenoxy) is 1. The Morgan fingerprint density at radius 1 is 1.19 bits per heavy atom. The number of azide groups is 1. The number of carbonyl (C=O) groups excluding carboxylic acids is 1. The van der Waals surface area contributed by atoms with E-state index in [-0.39, 0.29) is 30.0 Å². The molecule has 1 aromatic heterocycles. The predicted octanol–water partition coefficient (Wildman–Crippen LogP) is 5.40. The Labute approximate surface area is 244 Å². The first kappa shape index (κ1) is 29.5. The molecule has 0 spiro atoms. The van der Waals surface area contributed by atoms with Crippen molar-refractivity contribution in [2.24, 2.45) is 33.7 Å². The van der Waals surface area contributed by atoms with Crippen LogP contribution in [0.25, 0.3) is 10.4 Å². The molecule has 0 radical (unpaired) electrons. The van der Waals surface area contributed by atoms with Crippen LogP contribution in [0, 0.1) is 35.5 Å². The molecule has 1 unspecified atom stereocenters. The van der Waals surface area contributed by atoms with Crippen LogP contribution < -0.4 is 11.2 Å². The number of rotatable bonds is 7. The Kier molecular flexibility index (Phi) is 7.81. The van der Waals surface area contributed by atoms with E-state index in [0.717, 1.165) is 44.9 Å². The predicted molar refractivity (Wildman–Crippen MR) is 153 cm³/mol. The van der Waals surface area contributed by atoms with Crippen LogP contribution in [0.3, 0.4) is 0 Å². The van der Waals surface area contributed by atoms with Gasteiger partial charge in [0.25, 0.3) is 5.56 Å². The fourth-order valence-electron chi connectivity index (χ4n) is 8.80. The highest BCUT2D eigenvalue weighted by molar-refractivity contribution is 7.33. The Morgan fingerprint density at radius 3 is 2.74 bits per heavy atom. The maximum atomic E-state index is 12.9. The van der Waals surface area contributed by atoms with E-state index in [2.05, 4.69) is 34.9 Å². The number of carbonyl (C=O) groups is 1. The van der Waals surface area contributed by atoms with E-state index in [1.54, 1.807) is 6.92 Å². The summed E-state index contributed by atoms with van der Waals surface area (Å²) in [6, 6.07) is -0.647. The van der Waals surface area contributed by atoms with E-state index in [0.29, 0.717) is 35.5 Å². The number of aromatic nitrogens is 2. The summed E-state index contributed by atoms with van der Waals surface area (Å²) >= 11 is 0. The SMILES string of the molecule is Cc1cn([C@H]2C[C@H](N=[N+]=[N-])[C@@H](CO[P+](=O)O[C@H]3CC[C@@]4(C)C(=CC[C@@H]5[C@@H]4CC[C@]4(C)C(=O)CC[C@@H]54)C3)O2)c(=O)[nH]c1=O. The lowest BCUT2D eigenvalue weighted by atomic mass is 9.48. The van der Waals surface area contributed by atoms with Crippen LogP contribution >= 0.6 is 8.25 Å². The van der Waals surface area contributed by atoms with E-state index in [1.165, 1.54) is 16.3 Å². The van der Waals surface area contributed by atoms with E-state index >= 15 is 0 Å². The van der Waals surface area contributed by atoms with Gasteiger partial charge in [0, 0.05) is 45.9 Å². The minimum Gasteiger partial charge on any atom is -0.352 e. The highest BCUT2D eigenvalue weighted by Gasteiger charge is 2.59. The van der Waals surface area contributed by atoms with E-state index in [1.807, 2.05) is 0 Å². The smallest absolute Gasteiger partial charge is 0.352 e. The number of allylic oxidation sites excluding steroid dienone is 1. The molecule has 10 atom stereocenters. The fraction of sp³-hybridized carbons (Fsp3) is 0.759. The molecule has 1 aliphatic heterocycles. The second-order valence-electron chi connectivity index (χ2n) is 13.3. The lowest BCUT2D eigenvalue weighted by Crippen LogP contribution is -2.50. The summed E-state index contributed by atoms with van der Waals surface area (Å²) in [6.45, 7) is 6.01. The van der Waals surface area contributed by atoms with Crippen molar-refractivity contribution in [3.63, 3.8) is 0 Å². The van der Waals surface area contributed by atoms with Crippen molar-refractivity contribution in [1.82, 2.24) is 9.55 Å². The molecular formula is C29H39N5O7P+. The van der Waals surface area contributed by atoms with Crippen molar-refractivity contribution in [3.8, 4) is 0 Å². The van der Waals surface area contributed by atoms with Crippen LogP contribution in [-0.4, -0.2) is 40.2 Å². The molecule has 3 saturated carbocycles. The number of nitrogens with zero attached hydrogens (tertiary/aromatic N) is 4. The van der Waals surface area contributed by atoms with Gasteiger partial charge in [0.2, 0.25) is 0 Å². The molecule has 1 saturated heterocycles. The molecule has 0 amide bonds. The second-order valence-corrected chi connectivity index (χ2v) is 14.2. The van der Waals surface area contributed by atoms with Crippen LogP contribution in [0.5, 0.6) is 0 Å². The van der Waals surface area contributed by atoms with Crippen LogP contribution in [0.1, 0.15) is 83.4 Å². The Hall–Kier alpha value is -2.62. The van der Waals surface area contributed by atoms with Gasteiger partial charge in [0.05, 0.1) is 12.1 Å². The minimum atomic E-state index is -2.45. The summed E-state index contributed by atoms with van der Waals surface area (Å²) < 4.78 is 31.5. The van der Waals surface area contributed by atoms with Crippen molar-refractivity contribution in [2.45, 2.75) is 103 Å². The molecule has 4 fully saturated rings. The lowest BCUT2D eigenvalue weighted by Gasteiger charge is -2.56. The Bertz CT molecular complexity index is 1480. The zero-order valence-corrected chi connectivity index (χ0v) is 25.3. The number of aryl methyl sites for hydroxylation is 1. The lowest BCUT2D eigenvalue weighted by molar-refractivity contribution is -0.131. The summed E-state index contributed by atoms with van der Waals surface area (Å²) in [4.78, 5) is 41.9. The average Bonchev–Trinajstić information content (AvgIpc) is 3.49. The molecular weight excluding hydrogens is 561 g/mol. The van der Waals surface area contributed by atoms with E-state index in [9.17, 15) is 18.9 Å². The van der Waals surface area contributed by atoms with Crippen molar-refractivity contribution >= 4 is 14.0 Å². The van der Waals surface area contributed by atoms with Gasteiger partial charge >= 0.3 is 13.9 Å². The Balaban J connectivity index is 1.06. The van der Waals surface area contributed by atoms with Gasteiger partial charge in [0.15, 0.2) is 0 Å². The first-order chi connectivity index (χ1) is 20.0. The zero-order chi connectivity index (χ0) is 29.8. The molecule has 5 aliphatic rings. The van der Waals surface area contributed by atoms with Crippen LogP contribution in [-0.2, 0) is 23.1 Å². The fourth-order valence-corrected chi connectivity index (χ4v) is 9.55. The average molecular weight is 601 g/mol. The Morgan fingerprint density at radius 2 is 1.95 bits per heavy atom. The second kappa shape index (κ2) is 11.1. The number of ketones is 1. The summed E-state index contributed by atoms with van der Waals surface area (Å²) in [5.41, 5.74) is 9.58. The van der Waals surface area contributed by atoms with Gasteiger partial charge < -0.3 is 4.74 Å². The molecule has 13 heteroatoms. The van der Waals surface area contributed by atoms with Crippen LogP contribution in [0.2, 0.25) is 0 Å². The molecule has 1 aromatic rings. The standard InChI is InChI=1S/C29H38N5O7P/c1-16-14-34(27(37)31-26(16)36)25-13-22(32-33-30)23(40-25)15-39-42(38)41-18-8-10-28(2)17(12-18)4-5-19-20-6-7-24(35)29(20,3)11-9-21(19)28/h4,14,18-23,25H,5-13,15H2,1-3H3/p+1/t18-,19-,20-,21-,22-,23+,25+,28-,29-/m0/s1. The van der Waals surface area contributed by atoms with E-state index < -0.39 is 37.9 Å². The monoisotopic (exact) mass is 600 g/mol. The third kappa shape index (κ3) is 5.01. The summed E-state index contributed by atoms with van der Waals surface area (Å²) in [6.07, 6.45) is 9.50. The molecule has 226 valence electrons. The van der Waals surface area contributed by atoms with Crippen LogP contribution in [0.4, 0.5) is 0 Å². The van der Waals surface area contributed by atoms with Gasteiger partial charge in [0.1, 0.15) is 24.7 Å². The maximum absolute atomic E-state index is 12.9. The summed E-state index contributed by atoms with van der Waals surface area (Å²) in [7, 11) is -2.45. The molecule has 2 heterocycles. The number of Topliss-reactive ketones (excluding diaryl/α,β-unsaturated/α-hetero) is 1. The van der Waals surface area contributed by atoms with Gasteiger partial charge in [-0.05, 0) is 74.1 Å². The number of H-pyrrole nitrogens is 1. The molecule has 6 rings (SSSR count). The quantitative estimate of drug-likeness (QED) is 0.144. The highest BCUT2D eigenvalue weighted by atomic mass is 31.1. The molecule has 0 bridgehead atoms. The number of nitrogens with one attached hydrogen (secondary N) is 1. The summed E-state index contributed by atoms with van der Waals surface area (Å²) in [5, 5.41) is 3.78. The minimum absolute atomic E-state index is 0.0790. The number of aromatic amines is 1. The van der Waals surface area contributed by atoms with Gasteiger partial charge in [-0.25, -0.2) is 4.79 Å². The van der Waals surface area contributed by atoms with Gasteiger partial charge in [-0.1, -0.05) is 30.6 Å². The third-order valence-corrected chi connectivity index (χ3v) is 12.0. The van der Waals surface area contributed by atoms with Gasteiger partial charge in [-0.15, -0.1) is 9.05 Å². The first-order valence-electron chi connectivity index (χ1n) is 15.0. The molecule has 4 aliphatic carbocycles. The normalized spacial score (nSPS) is 39.5. The maximum Gasteiger partial charge on any atom is 0.697 e. The summed E-state index contributed by atoms with van der Waals surface area (Å²) in [5.74, 6) is 2.05. The number of fused-ring (bicyclic) bond motifs is 5. The van der Waals surface area contributed by atoms with Crippen molar-refractivity contribution in [3.05, 3.63) is 54.7 Å². The van der Waals surface area contributed by atoms with Crippen LogP contribution in [0.15, 0.2) is 32.5 Å². The molecule has 12 nitrogen and oxygen atoms in total. The number of hydrogen-bond donors (Lipinski definition) is 1. The largest absolute Gasteiger partial charge is 0.697 e. The van der Waals surface area contributed by atoms with E-state index in [4.69, 9.17) is 19.3 Å². The molecule has 1 N–H and O–H groups in total. The third-order valence-electron chi connectivity index (χ3n) is 11.2. The zero-order valence-electron chi connectivity index (χ0n) is 24.4. The molecule has 42 heavy (non-hydrogen) atoms. The molecule has 0 aromatic carbocycles. The van der Waals surface area contributed by atoms with Crippen molar-refractivity contribution in [2.75, 3.05) is 6.61 Å². The van der Waals surface area contributed by atoms with Gasteiger partial charge in [-0.2, -0.15) is 0 Å². The topological polar surface area (TPSA) is 165 Å². The van der Waals surface area contributed by atoms with Crippen molar-refractivity contribution in [1.29, 1.82) is 0 Å². The van der Waals surface area contributed by atoms with Crippen molar-refractivity contribution < 1.29 is 23.1 Å².